The fourth-order valence-corrected chi connectivity index (χ4v) is 1.95. The molecule has 0 radical (unpaired) electrons. The van der Waals surface area contributed by atoms with Gasteiger partial charge in [-0.3, -0.25) is 0 Å². The van der Waals surface area contributed by atoms with Crippen LogP contribution in [0.4, 0.5) is 0 Å². The molecule has 1 N–H and O–H groups in total. The smallest absolute Gasteiger partial charge is 0.0598 e. The summed E-state index contributed by atoms with van der Waals surface area (Å²) < 4.78 is 11.3. The van der Waals surface area contributed by atoms with E-state index in [1.54, 1.807) is 7.11 Å². The van der Waals surface area contributed by atoms with E-state index in [1.165, 1.54) is 0 Å². The minimum atomic E-state index is -0.372. The van der Waals surface area contributed by atoms with Gasteiger partial charge in [-0.05, 0) is 32.1 Å². The summed E-state index contributed by atoms with van der Waals surface area (Å²) in [6.07, 6.45) is 0. The zero-order valence-corrected chi connectivity index (χ0v) is 13.5. The van der Waals surface area contributed by atoms with Gasteiger partial charge in [0, 0.05) is 12.5 Å². The van der Waals surface area contributed by atoms with Crippen LogP contribution in [0.5, 0.6) is 0 Å². The Morgan fingerprint density at radius 1 is 1.00 bits per heavy atom. The largest absolute Gasteiger partial charge is 0.396 e. The quantitative estimate of drug-likeness (QED) is 0.764. The van der Waals surface area contributed by atoms with Crippen LogP contribution in [0, 0.1) is 16.7 Å². The predicted molar refractivity (Wildman–Crippen MR) is 75.7 cm³/mol. The van der Waals surface area contributed by atoms with Crippen LogP contribution in [0.15, 0.2) is 0 Å². The van der Waals surface area contributed by atoms with E-state index < -0.39 is 0 Å². The molecule has 110 valence electrons. The first-order chi connectivity index (χ1) is 8.02. The first-order valence-electron chi connectivity index (χ1n) is 6.76. The number of aliphatic hydroxyl groups excluding tert-OH is 1. The number of hydrogen-bond acceptors (Lipinski definition) is 3. The molecular weight excluding hydrogens is 228 g/mol. The molecule has 0 aliphatic rings. The summed E-state index contributed by atoms with van der Waals surface area (Å²) in [4.78, 5) is 0. The molecule has 3 heteroatoms. The van der Waals surface area contributed by atoms with Crippen molar-refractivity contribution in [3.8, 4) is 0 Å². The van der Waals surface area contributed by atoms with E-state index in [2.05, 4.69) is 27.7 Å². The normalized spacial score (nSPS) is 17.0. The van der Waals surface area contributed by atoms with Gasteiger partial charge in [0.2, 0.25) is 0 Å². The van der Waals surface area contributed by atoms with E-state index in [0.29, 0.717) is 19.1 Å². The summed E-state index contributed by atoms with van der Waals surface area (Å²) in [6, 6.07) is 0. The molecule has 3 nitrogen and oxygen atoms in total. The van der Waals surface area contributed by atoms with Gasteiger partial charge >= 0.3 is 0 Å². The van der Waals surface area contributed by atoms with E-state index >= 15 is 0 Å². The molecule has 0 aromatic rings. The van der Waals surface area contributed by atoms with Gasteiger partial charge in [0.25, 0.3) is 0 Å². The van der Waals surface area contributed by atoms with Gasteiger partial charge in [-0.15, -0.1) is 0 Å². The van der Waals surface area contributed by atoms with Crippen molar-refractivity contribution in [2.75, 3.05) is 26.9 Å². The number of methoxy groups -OCH3 is 1. The summed E-state index contributed by atoms with van der Waals surface area (Å²) in [7, 11) is 1.68. The van der Waals surface area contributed by atoms with Crippen molar-refractivity contribution in [1.82, 2.24) is 0 Å². The van der Waals surface area contributed by atoms with Crippen LogP contribution in [0.1, 0.15) is 48.5 Å². The minimum Gasteiger partial charge on any atom is -0.396 e. The van der Waals surface area contributed by atoms with Gasteiger partial charge in [-0.1, -0.05) is 27.7 Å². The molecule has 0 amide bonds. The van der Waals surface area contributed by atoms with Crippen LogP contribution in [0.25, 0.3) is 0 Å². The highest BCUT2D eigenvalue weighted by molar-refractivity contribution is 4.95. The molecule has 0 rings (SSSR count). The molecule has 0 saturated heterocycles. The third-order valence-corrected chi connectivity index (χ3v) is 4.31. The minimum absolute atomic E-state index is 0.0665. The number of rotatable bonds is 7. The van der Waals surface area contributed by atoms with E-state index in [4.69, 9.17) is 9.47 Å². The monoisotopic (exact) mass is 260 g/mol. The van der Waals surface area contributed by atoms with E-state index in [1.807, 2.05) is 20.8 Å². The second-order valence-electron chi connectivity index (χ2n) is 7.15. The first-order valence-corrected chi connectivity index (χ1v) is 6.76. The molecule has 0 aromatic heterocycles. The molecule has 0 bridgehead atoms. The maximum absolute atomic E-state index is 9.93. The highest BCUT2D eigenvalue weighted by Crippen LogP contribution is 2.45. The summed E-state index contributed by atoms with van der Waals surface area (Å²) in [5, 5.41) is 9.93. The van der Waals surface area contributed by atoms with E-state index in [9.17, 15) is 5.11 Å². The van der Waals surface area contributed by atoms with Gasteiger partial charge in [0.1, 0.15) is 0 Å². The van der Waals surface area contributed by atoms with Crippen molar-refractivity contribution < 1.29 is 14.6 Å². The Bertz CT molecular complexity index is 241. The molecule has 0 aromatic carbocycles. The van der Waals surface area contributed by atoms with Crippen LogP contribution < -0.4 is 0 Å². The van der Waals surface area contributed by atoms with Gasteiger partial charge in [-0.2, -0.15) is 0 Å². The number of ether oxygens (including phenoxy) is 2. The lowest BCUT2D eigenvalue weighted by Crippen LogP contribution is -2.51. The van der Waals surface area contributed by atoms with E-state index in [0.717, 1.165) is 0 Å². The Labute approximate surface area is 113 Å². The van der Waals surface area contributed by atoms with Crippen molar-refractivity contribution >= 4 is 0 Å². The van der Waals surface area contributed by atoms with E-state index in [-0.39, 0.29) is 23.0 Å². The standard InChI is InChI=1S/C15H32O3/c1-12(2)14(6,7)15(9-16,10-17-8)11-18-13(3,4)5/h12,16H,9-11H2,1-8H3. The average Bonchev–Trinajstić information content (AvgIpc) is 2.22. The highest BCUT2D eigenvalue weighted by Gasteiger charge is 2.47. The average molecular weight is 260 g/mol. The Morgan fingerprint density at radius 3 is 1.78 bits per heavy atom. The SMILES string of the molecule is COCC(CO)(COC(C)(C)C)C(C)(C)C(C)C. The second-order valence-corrected chi connectivity index (χ2v) is 7.15. The molecule has 1 atom stereocenters. The predicted octanol–water partition coefficient (Wildman–Crippen LogP) is 3.11. The van der Waals surface area contributed by atoms with Crippen molar-refractivity contribution in [2.45, 2.75) is 54.1 Å². The first kappa shape index (κ1) is 17.9. The van der Waals surface area contributed by atoms with Gasteiger partial charge in [0.15, 0.2) is 0 Å². The maximum Gasteiger partial charge on any atom is 0.0598 e. The molecular formula is C15H32O3. The van der Waals surface area contributed by atoms with Crippen LogP contribution in [-0.4, -0.2) is 37.6 Å². The van der Waals surface area contributed by atoms with Crippen LogP contribution in [-0.2, 0) is 9.47 Å². The van der Waals surface area contributed by atoms with Crippen molar-refractivity contribution in [3.63, 3.8) is 0 Å². The third-order valence-electron chi connectivity index (χ3n) is 4.31. The Hall–Kier alpha value is -0.120. The number of hydrogen-bond donors (Lipinski definition) is 1. The summed E-state index contributed by atoms with van der Waals surface area (Å²) >= 11 is 0. The van der Waals surface area contributed by atoms with Gasteiger partial charge in [-0.25, -0.2) is 0 Å². The second kappa shape index (κ2) is 6.36. The van der Waals surface area contributed by atoms with Crippen molar-refractivity contribution in [3.05, 3.63) is 0 Å². The molecule has 0 spiro atoms. The van der Waals surface area contributed by atoms with Crippen LogP contribution >= 0.6 is 0 Å². The summed E-state index contributed by atoms with van der Waals surface area (Å²) in [6.45, 7) is 15.9. The molecule has 1 unspecified atom stereocenters. The lowest BCUT2D eigenvalue weighted by Gasteiger charge is -2.48. The van der Waals surface area contributed by atoms with Gasteiger partial charge < -0.3 is 14.6 Å². The molecule has 0 fully saturated rings. The fourth-order valence-electron chi connectivity index (χ4n) is 1.95. The topological polar surface area (TPSA) is 38.7 Å². The molecule has 0 heterocycles. The summed E-state index contributed by atoms with van der Waals surface area (Å²) in [5.74, 6) is 0.434. The highest BCUT2D eigenvalue weighted by atomic mass is 16.5. The Balaban J connectivity index is 5.16. The fraction of sp³-hybridized carbons (Fsp3) is 1.00. The Kier molecular flexibility index (Phi) is 6.31. The molecule has 18 heavy (non-hydrogen) atoms. The van der Waals surface area contributed by atoms with Gasteiger partial charge in [0.05, 0.1) is 25.4 Å². The Morgan fingerprint density at radius 2 is 1.50 bits per heavy atom. The molecule has 0 aliphatic heterocycles. The molecule has 0 saturated carbocycles. The number of aliphatic hydroxyl groups is 1. The zero-order valence-electron chi connectivity index (χ0n) is 13.5. The van der Waals surface area contributed by atoms with Crippen LogP contribution in [0.3, 0.4) is 0 Å². The van der Waals surface area contributed by atoms with Crippen molar-refractivity contribution in [1.29, 1.82) is 0 Å². The maximum atomic E-state index is 9.93. The third kappa shape index (κ3) is 4.22. The summed E-state index contributed by atoms with van der Waals surface area (Å²) in [5.41, 5.74) is -0.645. The van der Waals surface area contributed by atoms with Crippen LogP contribution in [0.2, 0.25) is 0 Å². The van der Waals surface area contributed by atoms with Crippen molar-refractivity contribution in [2.24, 2.45) is 16.7 Å². The zero-order chi connectivity index (χ0) is 14.6. The molecule has 0 aliphatic carbocycles. The lowest BCUT2D eigenvalue weighted by atomic mass is 9.61. The lowest BCUT2D eigenvalue weighted by molar-refractivity contribution is -0.150.